The van der Waals surface area contributed by atoms with Crippen LogP contribution in [-0.4, -0.2) is 45.8 Å². The molecule has 0 saturated carbocycles. The van der Waals surface area contributed by atoms with E-state index in [-0.39, 0.29) is 25.2 Å². The van der Waals surface area contributed by atoms with Gasteiger partial charge in [0.1, 0.15) is 17.6 Å². The highest BCUT2D eigenvalue weighted by atomic mass is 16.4. The summed E-state index contributed by atoms with van der Waals surface area (Å²) in [5, 5.41) is 12.1. The number of nitrogens with zero attached hydrogens (tertiary/aromatic N) is 1. The second kappa shape index (κ2) is 7.27. The number of carbonyl (C=O) groups excluding carboxylic acids is 3. The molecule has 0 aromatic carbocycles. The van der Waals surface area contributed by atoms with Crippen molar-refractivity contribution in [3.05, 3.63) is 35.1 Å². The molecule has 4 aliphatic rings. The van der Waals surface area contributed by atoms with Crippen LogP contribution in [0.15, 0.2) is 22.8 Å². The van der Waals surface area contributed by atoms with E-state index >= 15 is 0 Å². The second-order valence-electron chi connectivity index (χ2n) is 8.58. The van der Waals surface area contributed by atoms with Crippen LogP contribution in [0, 0.1) is 5.92 Å². The Kier molecular flexibility index (Phi) is 4.88. The number of carbonyl (C=O) groups is 4. The fourth-order valence-electron chi connectivity index (χ4n) is 4.29. The van der Waals surface area contributed by atoms with Gasteiger partial charge in [0, 0.05) is 18.5 Å². The molecule has 1 atom stereocenters. The Bertz CT molecular complexity index is 1020. The zero-order valence-corrected chi connectivity index (χ0v) is 17.0. The van der Waals surface area contributed by atoms with Crippen molar-refractivity contribution in [2.45, 2.75) is 51.5 Å². The lowest BCUT2D eigenvalue weighted by atomic mass is 9.95. The van der Waals surface area contributed by atoms with Crippen LogP contribution in [0.2, 0.25) is 0 Å². The van der Waals surface area contributed by atoms with Crippen molar-refractivity contribution in [1.29, 1.82) is 0 Å². The van der Waals surface area contributed by atoms with E-state index in [2.05, 4.69) is 5.32 Å². The van der Waals surface area contributed by atoms with Gasteiger partial charge in [0.2, 0.25) is 0 Å². The van der Waals surface area contributed by atoms with E-state index in [1.165, 1.54) is 17.4 Å². The number of Topliss-reactive ketones (excluding diaryl/α,β-unsaturated/α-hetero) is 1. The topological polar surface area (TPSA) is 117 Å². The molecule has 1 unspecified atom stereocenters. The summed E-state index contributed by atoms with van der Waals surface area (Å²) < 4.78 is 5.71. The Morgan fingerprint density at radius 1 is 1.27 bits per heavy atom. The minimum atomic E-state index is -1.14. The SMILES string of the molecule is CC1(C)NC(=O)N(CCC(CC(=O)c2coc3c4c(cc-3c2)CCC4)C(=O)O)C1=O. The minimum absolute atomic E-state index is 0.000371. The zero-order chi connectivity index (χ0) is 21.6. The predicted molar refractivity (Wildman–Crippen MR) is 106 cm³/mol. The molecule has 2 aliphatic heterocycles. The number of aliphatic carboxylic acids is 1. The molecular weight excluding hydrogens is 388 g/mol. The highest BCUT2D eigenvalue weighted by molar-refractivity contribution is 6.06. The van der Waals surface area contributed by atoms with Crippen molar-refractivity contribution < 1.29 is 28.7 Å². The molecule has 0 spiro atoms. The summed E-state index contributed by atoms with van der Waals surface area (Å²) in [7, 11) is 0. The average molecular weight is 412 g/mol. The van der Waals surface area contributed by atoms with Crippen molar-refractivity contribution in [2.75, 3.05) is 6.54 Å². The summed E-state index contributed by atoms with van der Waals surface area (Å²) in [4.78, 5) is 49.7. The number of imide groups is 1. The van der Waals surface area contributed by atoms with Crippen molar-refractivity contribution in [1.82, 2.24) is 10.2 Å². The van der Waals surface area contributed by atoms with Crippen molar-refractivity contribution in [3.63, 3.8) is 0 Å². The first kappa shape index (κ1) is 20.1. The molecular formula is C22H24N2O6. The molecule has 2 heterocycles. The van der Waals surface area contributed by atoms with Crippen LogP contribution in [0.25, 0.3) is 11.3 Å². The van der Waals surface area contributed by atoms with Crippen LogP contribution in [0.1, 0.15) is 54.6 Å². The number of ketones is 1. The predicted octanol–water partition coefficient (Wildman–Crippen LogP) is 2.87. The Labute approximate surface area is 173 Å². The molecule has 1 fully saturated rings. The van der Waals surface area contributed by atoms with Crippen LogP contribution in [-0.2, 0) is 22.4 Å². The maximum atomic E-state index is 12.7. The zero-order valence-electron chi connectivity index (χ0n) is 17.0. The number of carboxylic acids is 1. The van der Waals surface area contributed by atoms with Gasteiger partial charge in [-0.3, -0.25) is 19.3 Å². The van der Waals surface area contributed by atoms with Gasteiger partial charge in [0.05, 0.1) is 11.5 Å². The molecule has 3 amide bonds. The summed E-state index contributed by atoms with van der Waals surface area (Å²) in [5.41, 5.74) is 2.62. The first-order chi connectivity index (χ1) is 14.2. The number of hydrogen-bond donors (Lipinski definition) is 2. The molecule has 2 N–H and O–H groups in total. The summed E-state index contributed by atoms with van der Waals surface area (Å²) in [6.45, 7) is 3.12. The maximum Gasteiger partial charge on any atom is 0.325 e. The van der Waals surface area contributed by atoms with Crippen LogP contribution < -0.4 is 5.32 Å². The standard InChI is InChI=1S/C22H24N2O6/c1-22(2)20(28)24(21(29)23-22)7-6-13(19(26)27)10-17(25)15-9-14-8-12-4-3-5-16(12)18(14)30-11-15/h8-9,11,13H,3-7,10H2,1-2H3,(H,23,29)(H,26,27). The van der Waals surface area contributed by atoms with E-state index in [0.717, 1.165) is 35.5 Å². The lowest BCUT2D eigenvalue weighted by Crippen LogP contribution is -2.40. The Hall–Kier alpha value is -3.16. The molecule has 1 saturated heterocycles. The highest BCUT2D eigenvalue weighted by Gasteiger charge is 2.44. The fourth-order valence-corrected chi connectivity index (χ4v) is 4.29. The average Bonchev–Trinajstić information content (AvgIpc) is 3.31. The second-order valence-corrected chi connectivity index (χ2v) is 8.58. The van der Waals surface area contributed by atoms with Crippen LogP contribution >= 0.6 is 0 Å². The molecule has 2 aliphatic carbocycles. The molecule has 0 bridgehead atoms. The van der Waals surface area contributed by atoms with Crippen molar-refractivity contribution in [3.8, 4) is 11.3 Å². The monoisotopic (exact) mass is 412 g/mol. The van der Waals surface area contributed by atoms with Gasteiger partial charge in [-0.2, -0.15) is 0 Å². The van der Waals surface area contributed by atoms with Crippen LogP contribution in [0.3, 0.4) is 0 Å². The lowest BCUT2D eigenvalue weighted by molar-refractivity contribution is -0.142. The number of hydrogen-bond acceptors (Lipinski definition) is 5. The maximum absolute atomic E-state index is 12.7. The van der Waals surface area contributed by atoms with Gasteiger partial charge in [-0.1, -0.05) is 0 Å². The molecule has 8 heteroatoms. The number of aryl methyl sites for hydroxylation is 1. The van der Waals surface area contributed by atoms with Crippen LogP contribution in [0.5, 0.6) is 0 Å². The first-order valence-corrected chi connectivity index (χ1v) is 10.1. The Morgan fingerprint density at radius 2 is 2.03 bits per heavy atom. The van der Waals surface area contributed by atoms with E-state index in [1.54, 1.807) is 19.9 Å². The third kappa shape index (κ3) is 3.46. The summed E-state index contributed by atoms with van der Waals surface area (Å²) in [6.07, 6.45) is 4.23. The van der Waals surface area contributed by atoms with E-state index in [4.69, 9.17) is 4.42 Å². The van der Waals surface area contributed by atoms with Gasteiger partial charge in [-0.25, -0.2) is 4.79 Å². The molecule has 158 valence electrons. The smallest absolute Gasteiger partial charge is 0.325 e. The number of nitrogens with one attached hydrogen (secondary N) is 1. The van der Waals surface area contributed by atoms with Gasteiger partial charge in [-0.15, -0.1) is 0 Å². The van der Waals surface area contributed by atoms with E-state index in [9.17, 15) is 24.3 Å². The molecule has 4 rings (SSSR count). The number of urea groups is 1. The van der Waals surface area contributed by atoms with Gasteiger partial charge in [0.25, 0.3) is 5.91 Å². The molecule has 0 aromatic heterocycles. The van der Waals surface area contributed by atoms with E-state index in [0.29, 0.717) is 5.56 Å². The Morgan fingerprint density at radius 3 is 2.70 bits per heavy atom. The van der Waals surface area contributed by atoms with Crippen LogP contribution in [0.4, 0.5) is 4.79 Å². The number of fused-ring (bicyclic) bond motifs is 3. The lowest BCUT2D eigenvalue weighted by Gasteiger charge is -2.18. The Balaban J connectivity index is 1.45. The van der Waals surface area contributed by atoms with Gasteiger partial charge in [0.15, 0.2) is 5.78 Å². The number of carboxylic acid groups (broad SMARTS) is 1. The molecule has 30 heavy (non-hydrogen) atoms. The highest BCUT2D eigenvalue weighted by Crippen LogP contribution is 2.38. The molecule has 0 radical (unpaired) electrons. The fraction of sp³-hybridized carbons (Fsp3) is 0.455. The third-order valence-electron chi connectivity index (χ3n) is 5.99. The summed E-state index contributed by atoms with van der Waals surface area (Å²) >= 11 is 0. The summed E-state index contributed by atoms with van der Waals surface area (Å²) in [5.74, 6) is -2.10. The van der Waals surface area contributed by atoms with Crippen molar-refractivity contribution in [2.24, 2.45) is 5.92 Å². The third-order valence-corrected chi connectivity index (χ3v) is 5.99. The molecule has 0 aromatic rings. The van der Waals surface area contributed by atoms with Gasteiger partial charge in [-0.05, 0) is 62.8 Å². The van der Waals surface area contributed by atoms with Gasteiger partial charge >= 0.3 is 12.0 Å². The minimum Gasteiger partial charge on any atom is -0.481 e. The number of rotatable bonds is 7. The van der Waals surface area contributed by atoms with E-state index in [1.807, 2.05) is 6.07 Å². The quantitative estimate of drug-likeness (QED) is 0.533. The van der Waals surface area contributed by atoms with E-state index < -0.39 is 29.4 Å². The summed E-state index contributed by atoms with van der Waals surface area (Å²) in [6, 6.07) is 3.23. The normalized spacial score (nSPS) is 18.5. The van der Waals surface area contributed by atoms with Crippen molar-refractivity contribution >= 4 is 23.7 Å². The largest absolute Gasteiger partial charge is 0.481 e. The molecule has 8 nitrogen and oxygen atoms in total. The first-order valence-electron chi connectivity index (χ1n) is 10.1. The number of amides is 3. The van der Waals surface area contributed by atoms with Gasteiger partial charge < -0.3 is 14.8 Å².